The lowest BCUT2D eigenvalue weighted by molar-refractivity contribution is 0.171. The lowest BCUT2D eigenvalue weighted by Gasteiger charge is -2.25. The maximum absolute atomic E-state index is 12.4. The summed E-state index contributed by atoms with van der Waals surface area (Å²) in [4.78, 5) is 0. The molecule has 6 heteroatoms. The quantitative estimate of drug-likeness (QED) is 0.768. The van der Waals surface area contributed by atoms with E-state index in [1.54, 1.807) is 31.4 Å². The summed E-state index contributed by atoms with van der Waals surface area (Å²) in [5, 5.41) is 8.73. The number of ether oxygens (including phenoxy) is 1. The van der Waals surface area contributed by atoms with Gasteiger partial charge < -0.3 is 4.74 Å². The Morgan fingerprint density at radius 1 is 1.30 bits per heavy atom. The van der Waals surface area contributed by atoms with Gasteiger partial charge in [0, 0.05) is 19.7 Å². The highest BCUT2D eigenvalue weighted by atomic mass is 32.2. The van der Waals surface area contributed by atoms with E-state index in [0.29, 0.717) is 24.3 Å². The minimum Gasteiger partial charge on any atom is -0.383 e. The molecular weight excluding hydrogens is 276 g/mol. The highest BCUT2D eigenvalue weighted by Gasteiger charge is 2.24. The molecule has 110 valence electrons. The number of nitrogens with zero attached hydrogens (tertiary/aromatic N) is 2. The van der Waals surface area contributed by atoms with Crippen LogP contribution in [-0.4, -0.2) is 39.0 Å². The lowest BCUT2D eigenvalue weighted by Crippen LogP contribution is -2.39. The van der Waals surface area contributed by atoms with Gasteiger partial charge >= 0.3 is 0 Å². The Labute approximate surface area is 120 Å². The van der Waals surface area contributed by atoms with Crippen LogP contribution in [0.15, 0.2) is 24.3 Å². The first-order valence-corrected chi connectivity index (χ1v) is 7.99. The third-order valence-corrected chi connectivity index (χ3v) is 4.90. The highest BCUT2D eigenvalue weighted by molar-refractivity contribution is 7.88. The number of benzene rings is 1. The Morgan fingerprint density at radius 2 is 1.90 bits per heavy atom. The number of nitriles is 1. The topological polar surface area (TPSA) is 70.4 Å². The number of sulfonamides is 1. The first kappa shape index (κ1) is 16.6. The van der Waals surface area contributed by atoms with Crippen molar-refractivity contribution in [2.75, 3.05) is 20.3 Å². The van der Waals surface area contributed by atoms with Crippen LogP contribution in [0.4, 0.5) is 0 Å². The third-order valence-electron chi connectivity index (χ3n) is 2.88. The van der Waals surface area contributed by atoms with E-state index in [2.05, 4.69) is 0 Å². The average Bonchev–Trinajstić information content (AvgIpc) is 2.39. The van der Waals surface area contributed by atoms with Crippen molar-refractivity contribution < 1.29 is 13.2 Å². The van der Waals surface area contributed by atoms with Gasteiger partial charge in [0.2, 0.25) is 10.0 Å². The molecule has 1 rings (SSSR count). The van der Waals surface area contributed by atoms with Gasteiger partial charge in [-0.3, -0.25) is 0 Å². The largest absolute Gasteiger partial charge is 0.383 e. The average molecular weight is 296 g/mol. The molecule has 0 amide bonds. The summed E-state index contributed by atoms with van der Waals surface area (Å²) >= 11 is 0. The van der Waals surface area contributed by atoms with E-state index in [4.69, 9.17) is 10.00 Å². The summed E-state index contributed by atoms with van der Waals surface area (Å²) in [6, 6.07) is 8.48. The van der Waals surface area contributed by atoms with Crippen LogP contribution in [0.5, 0.6) is 0 Å². The monoisotopic (exact) mass is 296 g/mol. The third kappa shape index (κ3) is 4.60. The first-order chi connectivity index (χ1) is 9.40. The van der Waals surface area contributed by atoms with Crippen molar-refractivity contribution in [3.63, 3.8) is 0 Å². The van der Waals surface area contributed by atoms with Crippen LogP contribution in [0, 0.1) is 11.3 Å². The molecule has 5 nitrogen and oxygen atoms in total. The summed E-state index contributed by atoms with van der Waals surface area (Å²) in [6.07, 6.45) is 0. The second kappa shape index (κ2) is 7.39. The predicted molar refractivity (Wildman–Crippen MR) is 77.5 cm³/mol. The predicted octanol–water partition coefficient (Wildman–Crippen LogP) is 1.74. The van der Waals surface area contributed by atoms with Crippen LogP contribution in [0.1, 0.15) is 25.0 Å². The lowest BCUT2D eigenvalue weighted by atomic mass is 10.2. The van der Waals surface area contributed by atoms with Crippen LogP contribution in [0.3, 0.4) is 0 Å². The van der Waals surface area contributed by atoms with E-state index in [0.717, 1.165) is 0 Å². The SMILES string of the molecule is COCCN(C(C)C)S(=O)(=O)Cc1ccc(C#N)cc1. The number of hydrogen-bond donors (Lipinski definition) is 0. The molecule has 0 N–H and O–H groups in total. The Hall–Kier alpha value is -1.42. The molecule has 0 aliphatic heterocycles. The van der Waals surface area contributed by atoms with Crippen molar-refractivity contribution in [1.29, 1.82) is 5.26 Å². The van der Waals surface area contributed by atoms with Gasteiger partial charge in [-0.1, -0.05) is 12.1 Å². The Morgan fingerprint density at radius 3 is 2.35 bits per heavy atom. The van der Waals surface area contributed by atoms with Crippen molar-refractivity contribution in [3.8, 4) is 6.07 Å². The van der Waals surface area contributed by atoms with Crippen LogP contribution in [0.2, 0.25) is 0 Å². The Kier molecular flexibility index (Phi) is 6.14. The van der Waals surface area contributed by atoms with Gasteiger partial charge in [-0.15, -0.1) is 0 Å². The smallest absolute Gasteiger partial charge is 0.218 e. The van der Waals surface area contributed by atoms with Gasteiger partial charge in [-0.25, -0.2) is 8.42 Å². The van der Waals surface area contributed by atoms with Crippen LogP contribution >= 0.6 is 0 Å². The molecule has 0 aromatic heterocycles. The van der Waals surface area contributed by atoms with Gasteiger partial charge in [0.25, 0.3) is 0 Å². The number of methoxy groups -OCH3 is 1. The minimum absolute atomic E-state index is 0.0688. The van der Waals surface area contributed by atoms with Crippen molar-refractivity contribution >= 4 is 10.0 Å². The molecule has 0 unspecified atom stereocenters. The molecule has 0 heterocycles. The molecule has 20 heavy (non-hydrogen) atoms. The van der Waals surface area contributed by atoms with Gasteiger partial charge in [0.1, 0.15) is 0 Å². The second-order valence-electron chi connectivity index (χ2n) is 4.76. The zero-order valence-corrected chi connectivity index (χ0v) is 12.9. The Balaban J connectivity index is 2.87. The summed E-state index contributed by atoms with van der Waals surface area (Å²) < 4.78 is 31.2. The van der Waals surface area contributed by atoms with E-state index < -0.39 is 10.0 Å². The van der Waals surface area contributed by atoms with E-state index in [9.17, 15) is 8.42 Å². The Bertz CT molecular complexity index is 559. The van der Waals surface area contributed by atoms with Crippen molar-refractivity contribution in [3.05, 3.63) is 35.4 Å². The molecule has 0 aliphatic carbocycles. The molecule has 0 saturated carbocycles. The summed E-state index contributed by atoms with van der Waals surface area (Å²) in [6.45, 7) is 4.38. The van der Waals surface area contributed by atoms with Crippen molar-refractivity contribution in [1.82, 2.24) is 4.31 Å². The number of rotatable bonds is 7. The zero-order valence-electron chi connectivity index (χ0n) is 12.0. The fourth-order valence-electron chi connectivity index (χ4n) is 1.87. The van der Waals surface area contributed by atoms with E-state index in [1.165, 1.54) is 4.31 Å². The van der Waals surface area contributed by atoms with Gasteiger partial charge in [0.15, 0.2) is 0 Å². The summed E-state index contributed by atoms with van der Waals surface area (Å²) in [5.41, 5.74) is 1.19. The molecule has 0 fully saturated rings. The molecule has 1 aromatic rings. The van der Waals surface area contributed by atoms with Gasteiger partial charge in [0.05, 0.1) is 24.0 Å². The molecule has 1 aromatic carbocycles. The van der Waals surface area contributed by atoms with Crippen LogP contribution in [-0.2, 0) is 20.5 Å². The molecule has 0 aliphatic rings. The highest BCUT2D eigenvalue weighted by Crippen LogP contribution is 2.14. The van der Waals surface area contributed by atoms with Gasteiger partial charge in [-0.05, 0) is 31.5 Å². The first-order valence-electron chi connectivity index (χ1n) is 6.38. The molecule has 0 atom stereocenters. The van der Waals surface area contributed by atoms with E-state index in [1.807, 2.05) is 19.9 Å². The van der Waals surface area contributed by atoms with Crippen molar-refractivity contribution in [2.45, 2.75) is 25.6 Å². The fourth-order valence-corrected chi connectivity index (χ4v) is 3.64. The zero-order chi connectivity index (χ0) is 15.2. The normalized spacial score (nSPS) is 11.8. The number of hydrogen-bond acceptors (Lipinski definition) is 4. The molecule has 0 bridgehead atoms. The van der Waals surface area contributed by atoms with Crippen molar-refractivity contribution in [2.24, 2.45) is 0 Å². The summed E-state index contributed by atoms with van der Waals surface area (Å²) in [5.74, 6) is -0.0688. The van der Waals surface area contributed by atoms with Gasteiger partial charge in [-0.2, -0.15) is 9.57 Å². The molecular formula is C14H20N2O3S. The fraction of sp³-hybridized carbons (Fsp3) is 0.500. The van der Waals surface area contributed by atoms with E-state index >= 15 is 0 Å². The maximum Gasteiger partial charge on any atom is 0.218 e. The van der Waals surface area contributed by atoms with Crippen LogP contribution in [0.25, 0.3) is 0 Å². The standard InChI is InChI=1S/C14H20N2O3S/c1-12(2)16(8-9-19-3)20(17,18)11-14-6-4-13(10-15)5-7-14/h4-7,12H,8-9,11H2,1-3H3. The molecule has 0 spiro atoms. The molecule has 0 radical (unpaired) electrons. The summed E-state index contributed by atoms with van der Waals surface area (Å²) in [7, 11) is -1.85. The maximum atomic E-state index is 12.4. The molecule has 0 saturated heterocycles. The second-order valence-corrected chi connectivity index (χ2v) is 6.68. The minimum atomic E-state index is -3.40. The van der Waals surface area contributed by atoms with E-state index in [-0.39, 0.29) is 11.8 Å². The van der Waals surface area contributed by atoms with Crippen LogP contribution < -0.4 is 0 Å².